The lowest BCUT2D eigenvalue weighted by Crippen LogP contribution is -2.60. The Kier molecular flexibility index (Phi) is 5.18. The number of aromatic hydroxyl groups is 1. The number of benzene rings is 1. The summed E-state index contributed by atoms with van der Waals surface area (Å²) in [5.41, 5.74) is 0.456. The lowest BCUT2D eigenvalue weighted by atomic mass is 9.99. The summed E-state index contributed by atoms with van der Waals surface area (Å²) in [5, 5.41) is 56.7. The smallest absolute Gasteiger partial charge is 0.229 e. The van der Waals surface area contributed by atoms with Crippen LogP contribution in [0.5, 0.6) is 11.5 Å². The Morgan fingerprint density at radius 1 is 1.18 bits per heavy atom. The molecule has 8 nitrogen and oxygen atoms in total. The normalized spacial score (nSPS) is 31.5. The van der Waals surface area contributed by atoms with Gasteiger partial charge in [0, 0.05) is 11.6 Å². The Morgan fingerprint density at radius 2 is 1.91 bits per heavy atom. The molecule has 1 fully saturated rings. The van der Waals surface area contributed by atoms with Crippen LogP contribution in [-0.4, -0.2) is 62.8 Å². The van der Waals surface area contributed by atoms with Crippen molar-refractivity contribution in [2.75, 3.05) is 6.61 Å². The average molecular weight is 311 g/mol. The highest BCUT2D eigenvalue weighted by atomic mass is 16.7. The van der Waals surface area contributed by atoms with E-state index < -0.39 is 37.3 Å². The second kappa shape index (κ2) is 6.91. The minimum absolute atomic E-state index is 0.00698. The number of aliphatic hydroxyl groups excluding tert-OH is 4. The Morgan fingerprint density at radius 3 is 2.55 bits per heavy atom. The number of ether oxygens (including phenoxy) is 2. The van der Waals surface area contributed by atoms with Crippen molar-refractivity contribution in [3.05, 3.63) is 23.8 Å². The number of aliphatic hydroxyl groups is 4. The Bertz CT molecular complexity index is 557. The standard InChI is InChI=1S/C14H17NO7/c15-4-3-7-1-2-8(17)5-9(7)21-14-13(20)12(19)11(18)10(6-16)22-14/h1-2,5,10-14,16-20H,3,6H2. The minimum Gasteiger partial charge on any atom is -0.508 e. The largest absolute Gasteiger partial charge is 0.508 e. The van der Waals surface area contributed by atoms with Gasteiger partial charge < -0.3 is 35.0 Å². The summed E-state index contributed by atoms with van der Waals surface area (Å²) >= 11 is 0. The molecule has 1 aromatic rings. The molecule has 0 radical (unpaired) electrons. The zero-order valence-electron chi connectivity index (χ0n) is 11.5. The molecule has 120 valence electrons. The van der Waals surface area contributed by atoms with Crippen LogP contribution >= 0.6 is 0 Å². The van der Waals surface area contributed by atoms with E-state index in [4.69, 9.17) is 19.8 Å². The molecule has 0 saturated carbocycles. The van der Waals surface area contributed by atoms with Gasteiger partial charge in [-0.3, -0.25) is 0 Å². The molecule has 22 heavy (non-hydrogen) atoms. The molecule has 5 atom stereocenters. The highest BCUT2D eigenvalue weighted by Gasteiger charge is 2.44. The van der Waals surface area contributed by atoms with E-state index in [2.05, 4.69) is 0 Å². The molecule has 0 aromatic heterocycles. The molecule has 0 amide bonds. The molecule has 1 aliphatic heterocycles. The maximum atomic E-state index is 9.90. The van der Waals surface area contributed by atoms with Gasteiger partial charge in [-0.25, -0.2) is 0 Å². The maximum absolute atomic E-state index is 9.90. The fourth-order valence-corrected chi connectivity index (χ4v) is 2.17. The van der Waals surface area contributed by atoms with Crippen molar-refractivity contribution in [1.29, 1.82) is 5.26 Å². The van der Waals surface area contributed by atoms with Crippen molar-refractivity contribution in [3.63, 3.8) is 0 Å². The summed E-state index contributed by atoms with van der Waals surface area (Å²) in [7, 11) is 0. The minimum atomic E-state index is -1.56. The fraction of sp³-hybridized carbons (Fsp3) is 0.500. The van der Waals surface area contributed by atoms with Gasteiger partial charge in [0.05, 0.1) is 19.1 Å². The van der Waals surface area contributed by atoms with E-state index >= 15 is 0 Å². The van der Waals surface area contributed by atoms with Crippen molar-refractivity contribution >= 4 is 0 Å². The van der Waals surface area contributed by atoms with Gasteiger partial charge in [0.15, 0.2) is 0 Å². The number of hydrogen-bond acceptors (Lipinski definition) is 8. The monoisotopic (exact) mass is 311 g/mol. The molecule has 0 aliphatic carbocycles. The first-order valence-corrected chi connectivity index (χ1v) is 6.64. The number of phenols is 1. The lowest BCUT2D eigenvalue weighted by molar-refractivity contribution is -0.277. The van der Waals surface area contributed by atoms with E-state index in [1.807, 2.05) is 6.07 Å². The van der Waals surface area contributed by atoms with Gasteiger partial charge in [0.2, 0.25) is 6.29 Å². The van der Waals surface area contributed by atoms with E-state index in [0.29, 0.717) is 5.56 Å². The van der Waals surface area contributed by atoms with Gasteiger partial charge in [-0.05, 0) is 6.07 Å². The van der Waals surface area contributed by atoms with E-state index in [-0.39, 0.29) is 17.9 Å². The van der Waals surface area contributed by atoms with Crippen molar-refractivity contribution in [1.82, 2.24) is 0 Å². The molecule has 2 rings (SSSR count). The van der Waals surface area contributed by atoms with Crippen molar-refractivity contribution in [2.45, 2.75) is 37.1 Å². The molecule has 1 aromatic carbocycles. The van der Waals surface area contributed by atoms with Gasteiger partial charge in [0.25, 0.3) is 0 Å². The van der Waals surface area contributed by atoms with Gasteiger partial charge in [-0.1, -0.05) is 6.07 Å². The lowest BCUT2D eigenvalue weighted by Gasteiger charge is -2.39. The topological polar surface area (TPSA) is 143 Å². The third-order valence-corrected chi connectivity index (χ3v) is 3.41. The van der Waals surface area contributed by atoms with Gasteiger partial charge in [-0.15, -0.1) is 0 Å². The predicted molar refractivity (Wildman–Crippen MR) is 71.8 cm³/mol. The van der Waals surface area contributed by atoms with Crippen molar-refractivity contribution in [2.24, 2.45) is 0 Å². The summed E-state index contributed by atoms with van der Waals surface area (Å²) in [6.07, 6.45) is -7.06. The zero-order valence-corrected chi connectivity index (χ0v) is 11.5. The molecule has 8 heteroatoms. The van der Waals surface area contributed by atoms with Gasteiger partial charge >= 0.3 is 0 Å². The van der Waals surface area contributed by atoms with Crippen LogP contribution in [0.3, 0.4) is 0 Å². The number of nitrogens with zero attached hydrogens (tertiary/aromatic N) is 1. The number of nitriles is 1. The number of phenolic OH excluding ortho intramolecular Hbond substituents is 1. The van der Waals surface area contributed by atoms with Gasteiger partial charge in [0.1, 0.15) is 35.9 Å². The Labute approximate surface area is 126 Å². The predicted octanol–water partition coefficient (Wildman–Crippen LogP) is -1.36. The Balaban J connectivity index is 2.22. The van der Waals surface area contributed by atoms with Crippen LogP contribution in [0.25, 0.3) is 0 Å². The molecule has 1 saturated heterocycles. The number of rotatable bonds is 4. The van der Waals surface area contributed by atoms with Crippen LogP contribution in [0.2, 0.25) is 0 Å². The van der Waals surface area contributed by atoms with Crippen molar-refractivity contribution < 1.29 is 35.0 Å². The second-order valence-corrected chi connectivity index (χ2v) is 4.94. The van der Waals surface area contributed by atoms with Crippen LogP contribution in [-0.2, 0) is 11.2 Å². The van der Waals surface area contributed by atoms with E-state index in [1.54, 1.807) is 0 Å². The molecule has 0 bridgehead atoms. The summed E-state index contributed by atoms with van der Waals surface area (Å²) in [6.45, 7) is -0.574. The van der Waals surface area contributed by atoms with Crippen molar-refractivity contribution in [3.8, 4) is 17.6 Å². The van der Waals surface area contributed by atoms with Crippen LogP contribution < -0.4 is 4.74 Å². The molecule has 0 spiro atoms. The quantitative estimate of drug-likeness (QED) is 0.458. The van der Waals surface area contributed by atoms with Crippen LogP contribution in [0.1, 0.15) is 5.56 Å². The molecular formula is C14H17NO7. The molecular weight excluding hydrogens is 294 g/mol. The third-order valence-electron chi connectivity index (χ3n) is 3.41. The fourth-order valence-electron chi connectivity index (χ4n) is 2.17. The number of hydrogen-bond donors (Lipinski definition) is 5. The first-order chi connectivity index (χ1) is 10.5. The van der Waals surface area contributed by atoms with Gasteiger partial charge in [-0.2, -0.15) is 5.26 Å². The van der Waals surface area contributed by atoms with E-state index in [0.717, 1.165) is 0 Å². The zero-order chi connectivity index (χ0) is 16.3. The first kappa shape index (κ1) is 16.5. The average Bonchev–Trinajstić information content (AvgIpc) is 2.50. The summed E-state index contributed by atoms with van der Waals surface area (Å²) in [4.78, 5) is 0. The van der Waals surface area contributed by atoms with Crippen LogP contribution in [0.15, 0.2) is 18.2 Å². The van der Waals surface area contributed by atoms with E-state index in [9.17, 15) is 20.4 Å². The summed E-state index contributed by atoms with van der Waals surface area (Å²) < 4.78 is 10.6. The van der Waals surface area contributed by atoms with E-state index in [1.165, 1.54) is 18.2 Å². The van der Waals surface area contributed by atoms with Crippen LogP contribution in [0.4, 0.5) is 0 Å². The molecule has 1 heterocycles. The summed E-state index contributed by atoms with van der Waals surface area (Å²) in [5.74, 6) is -0.00726. The Hall–Kier alpha value is -1.89. The van der Waals surface area contributed by atoms with Crippen LogP contribution in [0, 0.1) is 11.3 Å². The first-order valence-electron chi connectivity index (χ1n) is 6.64. The molecule has 5 unspecified atom stereocenters. The highest BCUT2D eigenvalue weighted by molar-refractivity contribution is 5.41. The second-order valence-electron chi connectivity index (χ2n) is 4.94. The molecule has 1 aliphatic rings. The maximum Gasteiger partial charge on any atom is 0.229 e. The highest BCUT2D eigenvalue weighted by Crippen LogP contribution is 2.29. The summed E-state index contributed by atoms with van der Waals surface area (Å²) in [6, 6.07) is 6.04. The third kappa shape index (κ3) is 3.30. The SMILES string of the molecule is N#CCc1ccc(O)cc1OC1OC(CO)C(O)C(O)C1O. The molecule has 5 N–H and O–H groups in total.